The molecular formula is C20H22N2O4. The molecule has 0 aliphatic carbocycles. The SMILES string of the molecule is Cc1cc(N2C(=O)[C@@H]3[C@@H]4[C@H]2OCC[C@]42O[C@@]3(C)C[C@H]2O)cc(C)c1C#N. The average molecular weight is 354 g/mol. The fourth-order valence-corrected chi connectivity index (χ4v) is 5.93. The average Bonchev–Trinajstić information content (AvgIpc) is 3.11. The maximum Gasteiger partial charge on any atom is 0.235 e. The largest absolute Gasteiger partial charge is 0.390 e. The molecule has 1 aromatic carbocycles. The molecule has 4 aliphatic rings. The maximum absolute atomic E-state index is 13.4. The monoisotopic (exact) mass is 354 g/mol. The Labute approximate surface area is 152 Å². The summed E-state index contributed by atoms with van der Waals surface area (Å²) in [5, 5.41) is 20.0. The molecule has 26 heavy (non-hydrogen) atoms. The Hall–Kier alpha value is -1.94. The van der Waals surface area contributed by atoms with Crippen molar-refractivity contribution in [1.82, 2.24) is 0 Å². The van der Waals surface area contributed by atoms with Gasteiger partial charge in [-0.3, -0.25) is 9.69 Å². The highest BCUT2D eigenvalue weighted by molar-refractivity contribution is 6.00. The van der Waals surface area contributed by atoms with Crippen LogP contribution in [0.1, 0.15) is 36.5 Å². The molecule has 4 heterocycles. The van der Waals surface area contributed by atoms with Crippen molar-refractivity contribution >= 4 is 11.6 Å². The van der Waals surface area contributed by atoms with Gasteiger partial charge in [-0.1, -0.05) is 0 Å². The van der Waals surface area contributed by atoms with Gasteiger partial charge >= 0.3 is 0 Å². The van der Waals surface area contributed by atoms with Crippen LogP contribution in [0.2, 0.25) is 0 Å². The first-order valence-corrected chi connectivity index (χ1v) is 9.17. The summed E-state index contributed by atoms with van der Waals surface area (Å²) in [4.78, 5) is 15.2. The van der Waals surface area contributed by atoms with E-state index >= 15 is 0 Å². The highest BCUT2D eigenvalue weighted by Gasteiger charge is 2.78. The van der Waals surface area contributed by atoms with Crippen LogP contribution in [0.3, 0.4) is 0 Å². The first-order valence-electron chi connectivity index (χ1n) is 9.17. The second kappa shape index (κ2) is 4.86. The van der Waals surface area contributed by atoms with E-state index in [-0.39, 0.29) is 17.7 Å². The number of rotatable bonds is 1. The van der Waals surface area contributed by atoms with Crippen molar-refractivity contribution < 1.29 is 19.4 Å². The third-order valence-electron chi connectivity index (χ3n) is 6.92. The number of carbonyl (C=O) groups excluding carboxylic acids is 1. The first kappa shape index (κ1) is 16.2. The highest BCUT2D eigenvalue weighted by Crippen LogP contribution is 2.65. The van der Waals surface area contributed by atoms with E-state index < -0.39 is 23.5 Å². The number of benzene rings is 1. The van der Waals surface area contributed by atoms with E-state index in [0.717, 1.165) is 16.8 Å². The second-order valence-electron chi connectivity index (χ2n) is 8.38. The highest BCUT2D eigenvalue weighted by atomic mass is 16.6. The summed E-state index contributed by atoms with van der Waals surface area (Å²) < 4.78 is 12.4. The number of amides is 1. The predicted molar refractivity (Wildman–Crippen MR) is 92.3 cm³/mol. The van der Waals surface area contributed by atoms with Crippen molar-refractivity contribution in [1.29, 1.82) is 5.26 Å². The second-order valence-corrected chi connectivity index (χ2v) is 8.38. The van der Waals surface area contributed by atoms with Crippen molar-refractivity contribution in [2.24, 2.45) is 11.8 Å². The Balaban J connectivity index is 1.64. The van der Waals surface area contributed by atoms with Crippen LogP contribution in [0.4, 0.5) is 5.69 Å². The number of carbonyl (C=O) groups is 1. The summed E-state index contributed by atoms with van der Waals surface area (Å²) in [6, 6.07) is 5.99. The van der Waals surface area contributed by atoms with Crippen molar-refractivity contribution in [3.63, 3.8) is 0 Å². The Morgan fingerprint density at radius 2 is 2.04 bits per heavy atom. The molecule has 0 aromatic heterocycles. The van der Waals surface area contributed by atoms with E-state index in [0.29, 0.717) is 25.0 Å². The number of nitriles is 1. The Kier molecular flexibility index (Phi) is 3.04. The molecule has 136 valence electrons. The van der Waals surface area contributed by atoms with Crippen LogP contribution in [0.15, 0.2) is 12.1 Å². The molecule has 6 nitrogen and oxygen atoms in total. The van der Waals surface area contributed by atoms with Crippen LogP contribution in [0, 0.1) is 37.0 Å². The molecule has 1 amide bonds. The lowest BCUT2D eigenvalue weighted by Gasteiger charge is -2.43. The molecule has 1 N–H and O–H groups in total. The van der Waals surface area contributed by atoms with Gasteiger partial charge in [0.15, 0.2) is 0 Å². The van der Waals surface area contributed by atoms with Gasteiger partial charge < -0.3 is 14.6 Å². The van der Waals surface area contributed by atoms with Gasteiger partial charge in [-0.15, -0.1) is 0 Å². The van der Waals surface area contributed by atoms with Gasteiger partial charge in [-0.05, 0) is 44.0 Å². The summed E-state index contributed by atoms with van der Waals surface area (Å²) in [5.41, 5.74) is 1.79. The molecule has 6 heteroatoms. The standard InChI is InChI=1S/C20H22N2O4/c1-10-6-12(7-11(2)13(10)9-21)22-17(24)15-16-18(22)25-5-4-20(16)14(23)8-19(15,3)26-20/h6-7,14-16,18,23H,4-5,8H2,1-3H3/t14-,15+,16-,18-,19+,20-/m1/s1. The molecule has 4 saturated heterocycles. The molecular weight excluding hydrogens is 332 g/mol. The van der Waals surface area contributed by atoms with E-state index in [1.807, 2.05) is 32.9 Å². The van der Waals surface area contributed by atoms with Crippen LogP contribution in [0.25, 0.3) is 0 Å². The number of anilines is 1. The molecule has 5 rings (SSSR count). The van der Waals surface area contributed by atoms with Crippen LogP contribution in [-0.2, 0) is 14.3 Å². The predicted octanol–water partition coefficient (Wildman–Crippen LogP) is 1.79. The van der Waals surface area contributed by atoms with Gasteiger partial charge in [0.05, 0.1) is 41.8 Å². The number of aryl methyl sites for hydroxylation is 2. The Morgan fingerprint density at radius 1 is 1.35 bits per heavy atom. The zero-order valence-electron chi connectivity index (χ0n) is 15.2. The Bertz CT molecular complexity index is 854. The van der Waals surface area contributed by atoms with Crippen LogP contribution in [-0.4, -0.2) is 41.2 Å². The molecule has 2 bridgehead atoms. The van der Waals surface area contributed by atoms with E-state index in [9.17, 15) is 15.2 Å². The minimum Gasteiger partial charge on any atom is -0.390 e. The van der Waals surface area contributed by atoms with Gasteiger partial charge in [0.2, 0.25) is 5.91 Å². The number of ether oxygens (including phenoxy) is 2. The zero-order valence-corrected chi connectivity index (χ0v) is 15.2. The van der Waals surface area contributed by atoms with Crippen molar-refractivity contribution in [3.8, 4) is 6.07 Å². The number of aliphatic hydroxyl groups is 1. The van der Waals surface area contributed by atoms with Crippen molar-refractivity contribution in [2.75, 3.05) is 11.5 Å². The summed E-state index contributed by atoms with van der Waals surface area (Å²) in [7, 11) is 0. The number of nitrogens with zero attached hydrogens (tertiary/aromatic N) is 2. The van der Waals surface area contributed by atoms with E-state index in [2.05, 4.69) is 6.07 Å². The van der Waals surface area contributed by atoms with Crippen molar-refractivity contribution in [2.45, 2.75) is 57.1 Å². The van der Waals surface area contributed by atoms with Crippen LogP contribution in [0.5, 0.6) is 0 Å². The number of fused-ring (bicyclic) bond motifs is 2. The van der Waals surface area contributed by atoms with E-state index in [1.54, 1.807) is 4.90 Å². The van der Waals surface area contributed by atoms with Gasteiger partial charge in [-0.2, -0.15) is 5.26 Å². The molecule has 0 radical (unpaired) electrons. The number of hydrogen-bond acceptors (Lipinski definition) is 5. The van der Waals surface area contributed by atoms with Gasteiger partial charge in [0.1, 0.15) is 11.8 Å². The lowest BCUT2D eigenvalue weighted by Crippen LogP contribution is -2.56. The van der Waals surface area contributed by atoms with Gasteiger partial charge in [0.25, 0.3) is 0 Å². The third kappa shape index (κ3) is 1.69. The van der Waals surface area contributed by atoms with Crippen LogP contribution >= 0.6 is 0 Å². The van der Waals surface area contributed by atoms with Crippen molar-refractivity contribution in [3.05, 3.63) is 28.8 Å². The molecule has 0 unspecified atom stereocenters. The minimum absolute atomic E-state index is 0.00156. The number of hydrogen-bond donors (Lipinski definition) is 1. The summed E-state index contributed by atoms with van der Waals surface area (Å²) >= 11 is 0. The quantitative estimate of drug-likeness (QED) is 0.831. The van der Waals surface area contributed by atoms with Crippen LogP contribution < -0.4 is 4.90 Å². The fourth-order valence-electron chi connectivity index (χ4n) is 5.93. The maximum atomic E-state index is 13.4. The summed E-state index contributed by atoms with van der Waals surface area (Å²) in [5.74, 6) is -0.456. The third-order valence-corrected chi connectivity index (χ3v) is 6.92. The molecule has 1 aromatic rings. The summed E-state index contributed by atoms with van der Waals surface area (Å²) in [6.45, 7) is 6.18. The fraction of sp³-hybridized carbons (Fsp3) is 0.600. The molecule has 6 atom stereocenters. The van der Waals surface area contributed by atoms with Gasteiger partial charge in [0, 0.05) is 18.5 Å². The lowest BCUT2D eigenvalue weighted by molar-refractivity contribution is -0.163. The molecule has 1 spiro atoms. The zero-order chi connectivity index (χ0) is 18.4. The normalized spacial score (nSPS) is 42.9. The Morgan fingerprint density at radius 3 is 2.69 bits per heavy atom. The minimum atomic E-state index is -0.677. The summed E-state index contributed by atoms with van der Waals surface area (Å²) in [6.07, 6.45) is 0.127. The number of aliphatic hydroxyl groups excluding tert-OH is 1. The van der Waals surface area contributed by atoms with E-state index in [4.69, 9.17) is 9.47 Å². The van der Waals surface area contributed by atoms with Gasteiger partial charge in [-0.25, -0.2) is 0 Å². The molecule has 4 fully saturated rings. The first-order chi connectivity index (χ1) is 12.3. The lowest BCUT2D eigenvalue weighted by atomic mass is 9.65. The molecule has 0 saturated carbocycles. The molecule has 4 aliphatic heterocycles. The smallest absolute Gasteiger partial charge is 0.235 e. The van der Waals surface area contributed by atoms with E-state index in [1.165, 1.54) is 0 Å². The topological polar surface area (TPSA) is 82.8 Å².